The molecule has 5 nitrogen and oxygen atoms in total. The molecular weight excluding hydrogens is 328 g/mol. The van der Waals surface area contributed by atoms with Gasteiger partial charge in [-0.15, -0.1) is 0 Å². The minimum atomic E-state index is -0.360. The lowest BCUT2D eigenvalue weighted by atomic mass is 10.1. The van der Waals surface area contributed by atoms with Crippen molar-refractivity contribution in [3.8, 4) is 5.75 Å². The first-order chi connectivity index (χ1) is 12.6. The third kappa shape index (κ3) is 5.77. The van der Waals surface area contributed by atoms with Crippen LogP contribution in [-0.4, -0.2) is 25.5 Å². The van der Waals surface area contributed by atoms with Crippen molar-refractivity contribution in [2.75, 3.05) is 13.7 Å². The molecule has 2 aromatic rings. The molecule has 0 aliphatic heterocycles. The van der Waals surface area contributed by atoms with E-state index in [1.807, 2.05) is 30.3 Å². The second-order valence-electron chi connectivity index (χ2n) is 5.73. The van der Waals surface area contributed by atoms with Gasteiger partial charge in [0.15, 0.2) is 0 Å². The summed E-state index contributed by atoms with van der Waals surface area (Å²) in [4.78, 5) is 24.5. The van der Waals surface area contributed by atoms with Crippen molar-refractivity contribution in [2.24, 2.45) is 0 Å². The molecule has 0 saturated heterocycles. The Labute approximate surface area is 154 Å². The third-order valence-corrected chi connectivity index (χ3v) is 3.71. The molecule has 0 atom stereocenters. The fourth-order valence-electron chi connectivity index (χ4n) is 2.24. The minimum absolute atomic E-state index is 0.187. The average Bonchev–Trinajstić information content (AvgIpc) is 2.68. The highest BCUT2D eigenvalue weighted by Crippen LogP contribution is 2.13. The Morgan fingerprint density at radius 1 is 1.04 bits per heavy atom. The number of rotatable bonds is 8. The second-order valence-corrected chi connectivity index (χ2v) is 5.73. The van der Waals surface area contributed by atoms with E-state index in [4.69, 9.17) is 4.74 Å². The summed E-state index contributed by atoms with van der Waals surface area (Å²) < 4.78 is 5.59. The van der Waals surface area contributed by atoms with Crippen LogP contribution >= 0.6 is 0 Å². The third-order valence-electron chi connectivity index (χ3n) is 3.71. The van der Waals surface area contributed by atoms with E-state index in [-0.39, 0.29) is 17.5 Å². The molecule has 0 unspecified atom stereocenters. The summed E-state index contributed by atoms with van der Waals surface area (Å²) >= 11 is 0. The number of hydrogen-bond donors (Lipinski definition) is 2. The molecule has 0 saturated carbocycles. The maximum Gasteiger partial charge on any atom is 0.267 e. The molecule has 26 heavy (non-hydrogen) atoms. The van der Waals surface area contributed by atoms with Gasteiger partial charge < -0.3 is 15.4 Å². The van der Waals surface area contributed by atoms with E-state index in [9.17, 15) is 9.59 Å². The lowest BCUT2D eigenvalue weighted by molar-refractivity contribution is -0.117. The van der Waals surface area contributed by atoms with Crippen LogP contribution in [-0.2, 0) is 4.79 Å². The predicted octanol–water partition coefficient (Wildman–Crippen LogP) is 3.38. The van der Waals surface area contributed by atoms with Crippen LogP contribution in [0, 0.1) is 0 Å². The number of likely N-dealkylation sites (N-methyl/N-ethyl adjacent to an activating group) is 1. The number of unbranched alkanes of at least 4 members (excludes halogenated alkanes) is 1. The molecule has 0 spiro atoms. The quantitative estimate of drug-likeness (QED) is 0.565. The van der Waals surface area contributed by atoms with E-state index in [1.165, 1.54) is 7.05 Å². The molecule has 0 aliphatic rings. The maximum absolute atomic E-state index is 12.5. The molecule has 0 aromatic heterocycles. The van der Waals surface area contributed by atoms with Crippen molar-refractivity contribution in [2.45, 2.75) is 19.8 Å². The molecule has 0 heterocycles. The monoisotopic (exact) mass is 352 g/mol. The normalized spacial score (nSPS) is 10.9. The van der Waals surface area contributed by atoms with Gasteiger partial charge in [-0.2, -0.15) is 0 Å². The Balaban J connectivity index is 2.09. The SMILES string of the molecule is CCCCOc1ccc(C(=O)N/C(=C/c2ccccc2)C(=O)NC)cc1. The van der Waals surface area contributed by atoms with Crippen LogP contribution in [0.5, 0.6) is 5.75 Å². The highest BCUT2D eigenvalue weighted by atomic mass is 16.5. The van der Waals surface area contributed by atoms with E-state index in [1.54, 1.807) is 30.3 Å². The van der Waals surface area contributed by atoms with Crippen molar-refractivity contribution in [3.05, 3.63) is 71.4 Å². The van der Waals surface area contributed by atoms with Gasteiger partial charge in [-0.25, -0.2) is 0 Å². The zero-order valence-corrected chi connectivity index (χ0v) is 15.1. The Kier molecular flexibility index (Phi) is 7.43. The predicted molar refractivity (Wildman–Crippen MR) is 103 cm³/mol. The number of nitrogens with one attached hydrogen (secondary N) is 2. The largest absolute Gasteiger partial charge is 0.494 e. The van der Waals surface area contributed by atoms with E-state index >= 15 is 0 Å². The van der Waals surface area contributed by atoms with Gasteiger partial charge >= 0.3 is 0 Å². The molecular formula is C21H24N2O3. The molecule has 0 aliphatic carbocycles. The molecule has 2 aromatic carbocycles. The van der Waals surface area contributed by atoms with Crippen LogP contribution in [0.4, 0.5) is 0 Å². The van der Waals surface area contributed by atoms with Crippen molar-refractivity contribution in [3.63, 3.8) is 0 Å². The molecule has 136 valence electrons. The van der Waals surface area contributed by atoms with Crippen molar-refractivity contribution < 1.29 is 14.3 Å². The highest BCUT2D eigenvalue weighted by molar-refractivity contribution is 6.05. The van der Waals surface area contributed by atoms with Gasteiger partial charge in [0.05, 0.1) is 6.61 Å². The zero-order chi connectivity index (χ0) is 18.8. The molecule has 0 radical (unpaired) electrons. The maximum atomic E-state index is 12.5. The first kappa shape index (κ1) is 19.2. The second kappa shape index (κ2) is 10.0. The topological polar surface area (TPSA) is 67.4 Å². The Hall–Kier alpha value is -3.08. The average molecular weight is 352 g/mol. The highest BCUT2D eigenvalue weighted by Gasteiger charge is 2.13. The number of carbonyl (C=O) groups is 2. The smallest absolute Gasteiger partial charge is 0.267 e. The summed E-state index contributed by atoms with van der Waals surface area (Å²) in [7, 11) is 1.52. The van der Waals surface area contributed by atoms with Crippen molar-refractivity contribution in [1.82, 2.24) is 10.6 Å². The molecule has 2 N–H and O–H groups in total. The van der Waals surface area contributed by atoms with Crippen LogP contribution in [0.3, 0.4) is 0 Å². The Morgan fingerprint density at radius 2 is 1.73 bits per heavy atom. The summed E-state index contributed by atoms with van der Waals surface area (Å²) in [6.07, 6.45) is 3.69. The number of ether oxygens (including phenoxy) is 1. The van der Waals surface area contributed by atoms with E-state index in [0.717, 1.165) is 24.2 Å². The lowest BCUT2D eigenvalue weighted by Gasteiger charge is -2.10. The van der Waals surface area contributed by atoms with Gasteiger partial charge in [-0.05, 0) is 42.3 Å². The zero-order valence-electron chi connectivity index (χ0n) is 15.1. The fraction of sp³-hybridized carbons (Fsp3) is 0.238. The summed E-state index contributed by atoms with van der Waals surface area (Å²) in [6, 6.07) is 16.2. The van der Waals surface area contributed by atoms with Crippen LogP contribution in [0.25, 0.3) is 6.08 Å². The molecule has 0 bridgehead atoms. The van der Waals surface area contributed by atoms with Gasteiger partial charge in [0.25, 0.3) is 11.8 Å². The molecule has 5 heteroatoms. The summed E-state index contributed by atoms with van der Waals surface area (Å²) in [5.74, 6) is 0.0129. The Bertz CT molecular complexity index is 753. The first-order valence-corrected chi connectivity index (χ1v) is 8.67. The molecule has 2 amide bonds. The van der Waals surface area contributed by atoms with Crippen LogP contribution < -0.4 is 15.4 Å². The number of amides is 2. The van der Waals surface area contributed by atoms with E-state index in [0.29, 0.717) is 12.2 Å². The van der Waals surface area contributed by atoms with E-state index < -0.39 is 0 Å². The van der Waals surface area contributed by atoms with Gasteiger partial charge in [-0.3, -0.25) is 9.59 Å². The van der Waals surface area contributed by atoms with E-state index in [2.05, 4.69) is 17.6 Å². The van der Waals surface area contributed by atoms with Gasteiger partial charge in [0.2, 0.25) is 0 Å². The number of benzene rings is 2. The first-order valence-electron chi connectivity index (χ1n) is 8.67. The minimum Gasteiger partial charge on any atom is -0.494 e. The van der Waals surface area contributed by atoms with Gasteiger partial charge in [-0.1, -0.05) is 43.7 Å². The summed E-state index contributed by atoms with van der Waals surface area (Å²) in [5, 5.41) is 5.21. The summed E-state index contributed by atoms with van der Waals surface area (Å²) in [5.41, 5.74) is 1.47. The van der Waals surface area contributed by atoms with Crippen LogP contribution in [0.2, 0.25) is 0 Å². The fourth-order valence-corrected chi connectivity index (χ4v) is 2.24. The standard InChI is InChI=1S/C21H24N2O3/c1-3-4-14-26-18-12-10-17(11-13-18)20(24)23-19(21(25)22-2)15-16-8-6-5-7-9-16/h5-13,15H,3-4,14H2,1-2H3,(H,22,25)(H,23,24)/b19-15+. The molecule has 2 rings (SSSR count). The van der Waals surface area contributed by atoms with Crippen LogP contribution in [0.15, 0.2) is 60.3 Å². The van der Waals surface area contributed by atoms with Crippen LogP contribution in [0.1, 0.15) is 35.7 Å². The van der Waals surface area contributed by atoms with Crippen molar-refractivity contribution >= 4 is 17.9 Å². The van der Waals surface area contributed by atoms with Crippen molar-refractivity contribution in [1.29, 1.82) is 0 Å². The lowest BCUT2D eigenvalue weighted by Crippen LogP contribution is -2.33. The number of carbonyl (C=O) groups excluding carboxylic acids is 2. The van der Waals surface area contributed by atoms with Gasteiger partial charge in [0, 0.05) is 12.6 Å². The number of hydrogen-bond acceptors (Lipinski definition) is 3. The Morgan fingerprint density at radius 3 is 2.35 bits per heavy atom. The summed E-state index contributed by atoms with van der Waals surface area (Å²) in [6.45, 7) is 2.76. The van der Waals surface area contributed by atoms with Gasteiger partial charge in [0.1, 0.15) is 11.4 Å². The molecule has 0 fully saturated rings.